The molecule has 0 bridgehead atoms. The number of likely N-dealkylation sites (tertiary alicyclic amines) is 1. The van der Waals surface area contributed by atoms with Crippen molar-refractivity contribution in [1.82, 2.24) is 20.4 Å². The van der Waals surface area contributed by atoms with Crippen LogP contribution >= 0.6 is 11.8 Å². The molecule has 1 unspecified atom stereocenters. The van der Waals surface area contributed by atoms with Gasteiger partial charge in [0.1, 0.15) is 16.5 Å². The third-order valence-electron chi connectivity index (χ3n) is 5.28. The minimum atomic E-state index is -0.301. The molecule has 1 aromatic heterocycles. The first-order valence-corrected chi connectivity index (χ1v) is 11.2. The molecule has 1 aliphatic heterocycles. The maximum Gasteiger partial charge on any atom is 0.233 e. The first-order chi connectivity index (χ1) is 15.0. The molecule has 0 radical (unpaired) electrons. The van der Waals surface area contributed by atoms with Gasteiger partial charge in [-0.05, 0) is 37.1 Å². The van der Waals surface area contributed by atoms with Crippen molar-refractivity contribution >= 4 is 34.3 Å². The molecule has 0 spiro atoms. The zero-order valence-corrected chi connectivity index (χ0v) is 18.0. The van der Waals surface area contributed by atoms with Crippen LogP contribution in [-0.4, -0.2) is 51.8 Å². The van der Waals surface area contributed by atoms with Gasteiger partial charge < -0.3 is 10.2 Å². The van der Waals surface area contributed by atoms with Crippen molar-refractivity contribution in [2.45, 2.75) is 30.8 Å². The van der Waals surface area contributed by atoms with E-state index in [0.29, 0.717) is 23.8 Å². The lowest BCUT2D eigenvalue weighted by Gasteiger charge is -2.33. The summed E-state index contributed by atoms with van der Waals surface area (Å²) in [5, 5.41) is 14.1. The molecule has 0 aliphatic carbocycles. The maximum atomic E-state index is 13.3. The van der Waals surface area contributed by atoms with Crippen molar-refractivity contribution in [2.24, 2.45) is 0 Å². The number of piperidine rings is 1. The summed E-state index contributed by atoms with van der Waals surface area (Å²) in [6, 6.07) is 13.9. The summed E-state index contributed by atoms with van der Waals surface area (Å²) in [6.07, 6.45) is 1.76. The Morgan fingerprint density at radius 2 is 1.87 bits per heavy atom. The second kappa shape index (κ2) is 9.43. The van der Waals surface area contributed by atoms with Crippen molar-refractivity contribution in [1.29, 1.82) is 0 Å². The Labute approximate surface area is 184 Å². The van der Waals surface area contributed by atoms with Crippen LogP contribution in [0.3, 0.4) is 0 Å². The minimum Gasteiger partial charge on any atom is -0.352 e. The van der Waals surface area contributed by atoms with Crippen molar-refractivity contribution in [3.05, 3.63) is 54.3 Å². The fraction of sp³-hybridized carbons (Fsp3) is 0.304. The Balaban J connectivity index is 1.50. The Kier molecular flexibility index (Phi) is 6.46. The van der Waals surface area contributed by atoms with Gasteiger partial charge in [-0.15, -0.1) is 10.2 Å². The Morgan fingerprint density at radius 3 is 2.61 bits per heavy atom. The van der Waals surface area contributed by atoms with Crippen LogP contribution in [0.25, 0.3) is 22.0 Å². The normalized spacial score (nSPS) is 16.3. The van der Waals surface area contributed by atoms with Gasteiger partial charge >= 0.3 is 0 Å². The molecule has 1 aliphatic rings. The van der Waals surface area contributed by atoms with Crippen molar-refractivity contribution in [3.63, 3.8) is 0 Å². The van der Waals surface area contributed by atoms with E-state index in [4.69, 9.17) is 0 Å². The molecule has 1 atom stereocenters. The van der Waals surface area contributed by atoms with Gasteiger partial charge in [-0.25, -0.2) is 4.39 Å². The number of rotatable bonds is 5. The highest BCUT2D eigenvalue weighted by Gasteiger charge is 2.24. The number of aromatic nitrogens is 2. The molecule has 2 amide bonds. The molecule has 2 aromatic carbocycles. The first kappa shape index (κ1) is 21.2. The van der Waals surface area contributed by atoms with E-state index in [1.807, 2.05) is 24.3 Å². The minimum absolute atomic E-state index is 0.0100. The van der Waals surface area contributed by atoms with Gasteiger partial charge in [0, 0.05) is 42.4 Å². The molecule has 0 saturated carbocycles. The van der Waals surface area contributed by atoms with Crippen molar-refractivity contribution in [2.75, 3.05) is 18.8 Å². The van der Waals surface area contributed by atoms with E-state index >= 15 is 0 Å². The standard InChI is InChI=1S/C23H23FN4O2S/c1-15(29)25-18-5-4-12-28(13-18)21(30)14-31-23-20-7-3-2-6-19(20)22(26-27-23)16-8-10-17(24)11-9-16/h2-3,6-11,18H,4-5,12-14H2,1H3,(H,25,29). The summed E-state index contributed by atoms with van der Waals surface area (Å²) in [7, 11) is 0. The number of benzene rings is 2. The average Bonchev–Trinajstić information content (AvgIpc) is 2.77. The zero-order valence-electron chi connectivity index (χ0n) is 17.2. The second-order valence-electron chi connectivity index (χ2n) is 7.57. The molecule has 1 saturated heterocycles. The Hall–Kier alpha value is -3.00. The summed E-state index contributed by atoms with van der Waals surface area (Å²) in [6.45, 7) is 2.73. The quantitative estimate of drug-likeness (QED) is 0.616. The van der Waals surface area contributed by atoms with Gasteiger partial charge in [0.15, 0.2) is 0 Å². The number of halogens is 1. The molecule has 8 heteroatoms. The van der Waals surface area contributed by atoms with Crippen LogP contribution in [0.4, 0.5) is 4.39 Å². The van der Waals surface area contributed by atoms with E-state index in [-0.39, 0.29) is 29.4 Å². The highest BCUT2D eigenvalue weighted by molar-refractivity contribution is 8.00. The third kappa shape index (κ3) is 5.02. The van der Waals surface area contributed by atoms with E-state index in [9.17, 15) is 14.0 Å². The van der Waals surface area contributed by atoms with E-state index in [1.165, 1.54) is 30.8 Å². The molecule has 6 nitrogen and oxygen atoms in total. The summed E-state index contributed by atoms with van der Waals surface area (Å²) < 4.78 is 13.3. The number of thioether (sulfide) groups is 1. The molecule has 2 heterocycles. The topological polar surface area (TPSA) is 75.2 Å². The largest absolute Gasteiger partial charge is 0.352 e. The molecule has 160 valence electrons. The van der Waals surface area contributed by atoms with E-state index < -0.39 is 0 Å². The SMILES string of the molecule is CC(=O)NC1CCCN(C(=O)CSc2nnc(-c3ccc(F)cc3)c3ccccc23)C1. The number of nitrogens with one attached hydrogen (secondary N) is 1. The lowest BCUT2D eigenvalue weighted by Crippen LogP contribution is -2.49. The smallest absolute Gasteiger partial charge is 0.233 e. The molecule has 4 rings (SSSR count). The van der Waals surface area contributed by atoms with Gasteiger partial charge in [0.05, 0.1) is 5.75 Å². The summed E-state index contributed by atoms with van der Waals surface area (Å²) in [4.78, 5) is 25.9. The van der Waals surface area contributed by atoms with Gasteiger partial charge in [-0.1, -0.05) is 36.0 Å². The van der Waals surface area contributed by atoms with Crippen LogP contribution in [0, 0.1) is 5.82 Å². The van der Waals surface area contributed by atoms with E-state index in [0.717, 1.165) is 29.2 Å². The predicted octanol–water partition coefficient (Wildman–Crippen LogP) is 3.66. The Bertz CT molecular complexity index is 1110. The summed E-state index contributed by atoms with van der Waals surface area (Å²) in [5.41, 5.74) is 1.47. The highest BCUT2D eigenvalue weighted by Crippen LogP contribution is 2.32. The van der Waals surface area contributed by atoms with Crippen LogP contribution in [0.1, 0.15) is 19.8 Å². The monoisotopic (exact) mass is 438 g/mol. The van der Waals surface area contributed by atoms with Crippen LogP contribution in [0.2, 0.25) is 0 Å². The molecule has 1 N–H and O–H groups in total. The molecule has 31 heavy (non-hydrogen) atoms. The van der Waals surface area contributed by atoms with Gasteiger partial charge in [0.2, 0.25) is 11.8 Å². The van der Waals surface area contributed by atoms with Crippen molar-refractivity contribution in [3.8, 4) is 11.3 Å². The van der Waals surface area contributed by atoms with Crippen molar-refractivity contribution < 1.29 is 14.0 Å². The van der Waals surface area contributed by atoms with Gasteiger partial charge in [-0.3, -0.25) is 9.59 Å². The van der Waals surface area contributed by atoms with Crippen LogP contribution in [0.15, 0.2) is 53.6 Å². The van der Waals surface area contributed by atoms with Crippen LogP contribution < -0.4 is 5.32 Å². The lowest BCUT2D eigenvalue weighted by atomic mass is 10.1. The Morgan fingerprint density at radius 1 is 1.13 bits per heavy atom. The number of nitrogens with zero attached hydrogens (tertiary/aromatic N) is 3. The number of hydrogen-bond acceptors (Lipinski definition) is 5. The third-order valence-corrected chi connectivity index (χ3v) is 6.25. The van der Waals surface area contributed by atoms with Gasteiger partial charge in [-0.2, -0.15) is 0 Å². The van der Waals surface area contributed by atoms with Gasteiger partial charge in [0.25, 0.3) is 0 Å². The van der Waals surface area contributed by atoms with E-state index in [2.05, 4.69) is 15.5 Å². The number of carbonyl (C=O) groups excluding carboxylic acids is 2. The zero-order chi connectivity index (χ0) is 21.8. The first-order valence-electron chi connectivity index (χ1n) is 10.2. The maximum absolute atomic E-state index is 13.3. The number of amides is 2. The fourth-order valence-electron chi connectivity index (χ4n) is 3.84. The number of fused-ring (bicyclic) bond motifs is 1. The second-order valence-corrected chi connectivity index (χ2v) is 8.54. The number of hydrogen-bond donors (Lipinski definition) is 1. The van der Waals surface area contributed by atoms with Crippen LogP contribution in [-0.2, 0) is 9.59 Å². The fourth-order valence-corrected chi connectivity index (χ4v) is 4.71. The highest BCUT2D eigenvalue weighted by atomic mass is 32.2. The summed E-state index contributed by atoms with van der Waals surface area (Å²) >= 11 is 1.36. The summed E-state index contributed by atoms with van der Waals surface area (Å²) in [5.74, 6) is -0.100. The molecular formula is C23H23FN4O2S. The number of carbonyl (C=O) groups is 2. The predicted molar refractivity (Wildman–Crippen MR) is 119 cm³/mol. The van der Waals surface area contributed by atoms with Crippen LogP contribution in [0.5, 0.6) is 0 Å². The average molecular weight is 439 g/mol. The lowest BCUT2D eigenvalue weighted by molar-refractivity contribution is -0.130. The molecule has 3 aromatic rings. The molecule has 1 fully saturated rings. The van der Waals surface area contributed by atoms with E-state index in [1.54, 1.807) is 17.0 Å². The molecular weight excluding hydrogens is 415 g/mol.